The maximum atomic E-state index is 11.7. The molecule has 2 aromatic carbocycles. The maximum Gasteiger partial charge on any atom is 0.329 e. The van der Waals surface area contributed by atoms with Crippen LogP contribution in [0.4, 0.5) is 0 Å². The number of hydrazone groups is 1. The summed E-state index contributed by atoms with van der Waals surface area (Å²) in [4.78, 5) is 23.3. The monoisotopic (exact) mass is 437 g/mol. The number of rotatable bonds is 9. The van der Waals surface area contributed by atoms with Gasteiger partial charge in [0.1, 0.15) is 12.4 Å². The second-order valence-corrected chi connectivity index (χ2v) is 6.74. The Morgan fingerprint density at radius 1 is 1.14 bits per heavy atom. The number of nitrogens with zero attached hydrogens (tertiary/aromatic N) is 1. The van der Waals surface area contributed by atoms with Crippen LogP contribution in [-0.4, -0.2) is 38.3 Å². The molecule has 0 aliphatic heterocycles. The first kappa shape index (κ1) is 22.7. The van der Waals surface area contributed by atoms with Gasteiger partial charge in [0.15, 0.2) is 0 Å². The second kappa shape index (κ2) is 12.1. The van der Waals surface area contributed by atoms with Gasteiger partial charge in [0.05, 0.1) is 6.21 Å². The molecule has 0 heterocycles. The van der Waals surface area contributed by atoms with E-state index in [0.29, 0.717) is 40.9 Å². The molecule has 0 saturated heterocycles. The highest BCUT2D eigenvalue weighted by Crippen LogP contribution is 2.22. The van der Waals surface area contributed by atoms with Gasteiger partial charge >= 0.3 is 11.8 Å². The van der Waals surface area contributed by atoms with Gasteiger partial charge < -0.3 is 14.8 Å². The molecular formula is C20H21Cl2N3O4. The third kappa shape index (κ3) is 8.11. The zero-order chi connectivity index (χ0) is 21.1. The Kier molecular flexibility index (Phi) is 9.43. The molecule has 9 heteroatoms. The minimum Gasteiger partial charge on any atom is -0.489 e. The van der Waals surface area contributed by atoms with E-state index in [4.69, 9.17) is 32.7 Å². The lowest BCUT2D eigenvalue weighted by Gasteiger charge is -2.08. The fourth-order valence-corrected chi connectivity index (χ4v) is 2.66. The molecule has 0 unspecified atom stereocenters. The average molecular weight is 438 g/mol. The Morgan fingerprint density at radius 2 is 1.97 bits per heavy atom. The van der Waals surface area contributed by atoms with E-state index < -0.39 is 11.8 Å². The summed E-state index contributed by atoms with van der Waals surface area (Å²) in [6.45, 7) is 1.13. The highest BCUT2D eigenvalue weighted by Gasteiger charge is 2.11. The molecule has 154 valence electrons. The third-order valence-electron chi connectivity index (χ3n) is 3.66. The number of halogens is 2. The normalized spacial score (nSPS) is 10.7. The summed E-state index contributed by atoms with van der Waals surface area (Å²) in [6, 6.07) is 12.3. The first-order valence-corrected chi connectivity index (χ1v) is 9.52. The minimum atomic E-state index is -0.844. The van der Waals surface area contributed by atoms with Crippen molar-refractivity contribution in [2.24, 2.45) is 5.10 Å². The van der Waals surface area contributed by atoms with Crippen molar-refractivity contribution in [1.29, 1.82) is 0 Å². The summed E-state index contributed by atoms with van der Waals surface area (Å²) in [6.07, 6.45) is 2.03. The lowest BCUT2D eigenvalue weighted by atomic mass is 10.2. The molecule has 0 spiro atoms. The van der Waals surface area contributed by atoms with Crippen molar-refractivity contribution in [2.75, 3.05) is 20.3 Å². The van der Waals surface area contributed by atoms with Gasteiger partial charge in [-0.05, 0) is 36.2 Å². The van der Waals surface area contributed by atoms with Gasteiger partial charge in [0, 0.05) is 35.9 Å². The van der Waals surface area contributed by atoms with Crippen LogP contribution in [0.5, 0.6) is 5.75 Å². The van der Waals surface area contributed by atoms with Crippen LogP contribution >= 0.6 is 23.2 Å². The zero-order valence-electron chi connectivity index (χ0n) is 15.8. The molecule has 0 radical (unpaired) electrons. The Balaban J connectivity index is 1.84. The van der Waals surface area contributed by atoms with Crippen LogP contribution in [0.1, 0.15) is 17.5 Å². The first-order chi connectivity index (χ1) is 14.0. The van der Waals surface area contributed by atoms with E-state index in [2.05, 4.69) is 15.8 Å². The van der Waals surface area contributed by atoms with Gasteiger partial charge in [0.2, 0.25) is 0 Å². The number of methoxy groups -OCH3 is 1. The number of hydrogen-bond acceptors (Lipinski definition) is 5. The molecule has 0 aliphatic carbocycles. The number of hydrogen-bond donors (Lipinski definition) is 2. The van der Waals surface area contributed by atoms with E-state index in [-0.39, 0.29) is 6.61 Å². The highest BCUT2D eigenvalue weighted by molar-refractivity contribution is 6.35. The Morgan fingerprint density at radius 3 is 2.72 bits per heavy atom. The third-order valence-corrected chi connectivity index (χ3v) is 4.25. The Labute approximate surface area is 179 Å². The van der Waals surface area contributed by atoms with Crippen molar-refractivity contribution >= 4 is 41.2 Å². The summed E-state index contributed by atoms with van der Waals surface area (Å²) in [5.74, 6) is -0.999. The summed E-state index contributed by atoms with van der Waals surface area (Å²) in [5.41, 5.74) is 3.67. The molecule has 0 fully saturated rings. The number of ether oxygens (including phenoxy) is 2. The van der Waals surface area contributed by atoms with Crippen molar-refractivity contribution in [3.8, 4) is 5.75 Å². The number of benzene rings is 2. The quantitative estimate of drug-likeness (QED) is 0.273. The van der Waals surface area contributed by atoms with Gasteiger partial charge in [-0.2, -0.15) is 5.10 Å². The largest absolute Gasteiger partial charge is 0.489 e. The number of carbonyl (C=O) groups is 2. The highest BCUT2D eigenvalue weighted by atomic mass is 35.5. The predicted octanol–water partition coefficient (Wildman–Crippen LogP) is 3.18. The molecule has 0 aromatic heterocycles. The average Bonchev–Trinajstić information content (AvgIpc) is 2.70. The van der Waals surface area contributed by atoms with Crippen molar-refractivity contribution < 1.29 is 19.1 Å². The van der Waals surface area contributed by atoms with E-state index >= 15 is 0 Å². The van der Waals surface area contributed by atoms with E-state index in [0.717, 1.165) is 5.56 Å². The first-order valence-electron chi connectivity index (χ1n) is 8.76. The van der Waals surface area contributed by atoms with Gasteiger partial charge in [-0.3, -0.25) is 9.59 Å². The van der Waals surface area contributed by atoms with Crippen LogP contribution in [0, 0.1) is 0 Å². The van der Waals surface area contributed by atoms with Crippen LogP contribution < -0.4 is 15.5 Å². The van der Waals surface area contributed by atoms with Crippen LogP contribution in [0.3, 0.4) is 0 Å². The topological polar surface area (TPSA) is 89.0 Å². The molecule has 0 saturated carbocycles. The van der Waals surface area contributed by atoms with Crippen LogP contribution in [0.15, 0.2) is 47.6 Å². The standard InChI is InChI=1S/C20H21Cl2N3O4/c1-28-9-3-8-23-19(26)20(27)25-24-12-14-4-2-5-17(10-14)29-13-15-6-7-16(21)11-18(15)22/h2,4-7,10-12H,3,8-9,13H2,1H3,(H,23,26)(H,25,27). The summed E-state index contributed by atoms with van der Waals surface area (Å²) in [7, 11) is 1.57. The number of carbonyl (C=O) groups excluding carboxylic acids is 2. The van der Waals surface area contributed by atoms with Crippen molar-refractivity contribution in [2.45, 2.75) is 13.0 Å². The second-order valence-electron chi connectivity index (χ2n) is 5.90. The molecule has 2 aromatic rings. The maximum absolute atomic E-state index is 11.7. The predicted molar refractivity (Wildman–Crippen MR) is 112 cm³/mol. The summed E-state index contributed by atoms with van der Waals surface area (Å²) < 4.78 is 10.6. The zero-order valence-corrected chi connectivity index (χ0v) is 17.3. The van der Waals surface area contributed by atoms with E-state index in [1.807, 2.05) is 0 Å². The van der Waals surface area contributed by atoms with E-state index in [1.54, 1.807) is 49.6 Å². The van der Waals surface area contributed by atoms with Crippen LogP contribution in [0.2, 0.25) is 10.0 Å². The fraction of sp³-hybridized carbons (Fsp3) is 0.250. The van der Waals surface area contributed by atoms with E-state index in [1.165, 1.54) is 6.21 Å². The Bertz CT molecular complexity index is 875. The molecule has 2 amide bonds. The summed E-state index contributed by atoms with van der Waals surface area (Å²) >= 11 is 12.0. The van der Waals surface area contributed by atoms with Gasteiger partial charge in [-0.25, -0.2) is 5.43 Å². The molecular weight excluding hydrogens is 417 g/mol. The minimum absolute atomic E-state index is 0.274. The SMILES string of the molecule is COCCCNC(=O)C(=O)NN=Cc1cccc(OCc2ccc(Cl)cc2Cl)c1. The van der Waals surface area contributed by atoms with Crippen molar-refractivity contribution in [3.05, 3.63) is 63.6 Å². The van der Waals surface area contributed by atoms with Gasteiger partial charge in [0.25, 0.3) is 0 Å². The number of amides is 2. The fourth-order valence-electron chi connectivity index (χ4n) is 2.20. The van der Waals surface area contributed by atoms with Gasteiger partial charge in [-0.15, -0.1) is 0 Å². The van der Waals surface area contributed by atoms with E-state index in [9.17, 15) is 9.59 Å². The number of nitrogens with one attached hydrogen (secondary N) is 2. The van der Waals surface area contributed by atoms with Crippen molar-refractivity contribution in [3.63, 3.8) is 0 Å². The molecule has 2 N–H and O–H groups in total. The van der Waals surface area contributed by atoms with Gasteiger partial charge in [-0.1, -0.05) is 41.4 Å². The molecule has 0 bridgehead atoms. The lowest BCUT2D eigenvalue weighted by Crippen LogP contribution is -2.38. The lowest BCUT2D eigenvalue weighted by molar-refractivity contribution is -0.139. The van der Waals surface area contributed by atoms with Crippen LogP contribution in [0.25, 0.3) is 0 Å². The molecule has 0 atom stereocenters. The van der Waals surface area contributed by atoms with Crippen molar-refractivity contribution in [1.82, 2.24) is 10.7 Å². The Hall–Kier alpha value is -2.61. The molecule has 2 rings (SSSR count). The molecule has 29 heavy (non-hydrogen) atoms. The van der Waals surface area contributed by atoms with Crippen LogP contribution in [-0.2, 0) is 20.9 Å². The smallest absolute Gasteiger partial charge is 0.329 e. The molecule has 0 aliphatic rings. The molecule has 7 nitrogen and oxygen atoms in total. The summed E-state index contributed by atoms with van der Waals surface area (Å²) in [5, 5.41) is 7.34.